The van der Waals surface area contributed by atoms with Crippen LogP contribution in [0.4, 0.5) is 0 Å². The molecule has 0 saturated carbocycles. The van der Waals surface area contributed by atoms with Crippen LogP contribution in [0.3, 0.4) is 0 Å². The van der Waals surface area contributed by atoms with E-state index in [0.717, 1.165) is 82.9 Å². The van der Waals surface area contributed by atoms with E-state index in [-0.39, 0.29) is 0 Å². The van der Waals surface area contributed by atoms with E-state index in [2.05, 4.69) is 132 Å². The Morgan fingerprint density at radius 2 is 0.938 bits per heavy atom. The van der Waals surface area contributed by atoms with Crippen molar-refractivity contribution in [2.45, 2.75) is 0 Å². The number of nitrogens with zero attached hydrogens (tertiary/aromatic N) is 4. The first-order valence-corrected chi connectivity index (χ1v) is 22.2. The first-order chi connectivity index (χ1) is 31.7. The van der Waals surface area contributed by atoms with Crippen molar-refractivity contribution < 1.29 is 8.83 Å². The molecule has 0 aliphatic carbocycles. The maximum atomic E-state index is 6.71. The number of thiophene rings is 1. The van der Waals surface area contributed by atoms with Crippen LogP contribution >= 0.6 is 11.3 Å². The molecule has 0 aliphatic rings. The van der Waals surface area contributed by atoms with Crippen molar-refractivity contribution in [2.75, 3.05) is 0 Å². The lowest BCUT2D eigenvalue weighted by Gasteiger charge is -2.15. The highest BCUT2D eigenvalue weighted by molar-refractivity contribution is 7.26. The van der Waals surface area contributed by atoms with E-state index < -0.39 is 0 Å². The number of hydrogen-bond donors (Lipinski definition) is 0. The van der Waals surface area contributed by atoms with Gasteiger partial charge in [-0.25, -0.2) is 15.0 Å². The van der Waals surface area contributed by atoms with E-state index in [1.165, 1.54) is 36.5 Å². The summed E-state index contributed by atoms with van der Waals surface area (Å²) in [5, 5.41) is 9.11. The summed E-state index contributed by atoms with van der Waals surface area (Å²) in [6, 6.07) is 67.8. The van der Waals surface area contributed by atoms with Gasteiger partial charge < -0.3 is 13.4 Å². The van der Waals surface area contributed by atoms with Crippen molar-refractivity contribution in [3.63, 3.8) is 0 Å². The Kier molecular flexibility index (Phi) is 7.46. The summed E-state index contributed by atoms with van der Waals surface area (Å²) in [7, 11) is 0. The second kappa shape index (κ2) is 13.6. The fourth-order valence-corrected chi connectivity index (χ4v) is 11.0. The summed E-state index contributed by atoms with van der Waals surface area (Å²) in [6.07, 6.45) is 0. The first kappa shape index (κ1) is 35.2. The average molecular weight is 837 g/mol. The molecule has 14 aromatic rings. The minimum atomic E-state index is 0.531. The van der Waals surface area contributed by atoms with Gasteiger partial charge in [-0.15, -0.1) is 11.3 Å². The summed E-state index contributed by atoms with van der Waals surface area (Å²) in [5.74, 6) is 1.65. The number of hydrogen-bond acceptors (Lipinski definition) is 6. The third-order valence-electron chi connectivity index (χ3n) is 12.6. The molecule has 0 saturated heterocycles. The van der Waals surface area contributed by atoms with Crippen molar-refractivity contribution in [1.29, 1.82) is 0 Å². The Labute approximate surface area is 368 Å². The Morgan fingerprint density at radius 1 is 0.375 bits per heavy atom. The van der Waals surface area contributed by atoms with E-state index in [1.807, 2.05) is 78.1 Å². The van der Waals surface area contributed by atoms with Crippen molar-refractivity contribution >= 4 is 97.2 Å². The predicted octanol–water partition coefficient (Wildman–Crippen LogP) is 15.8. The van der Waals surface area contributed by atoms with Gasteiger partial charge in [0.15, 0.2) is 17.5 Å². The number of aromatic nitrogens is 4. The Hall–Kier alpha value is -8.39. The van der Waals surface area contributed by atoms with Gasteiger partial charge in [-0.05, 0) is 54.1 Å². The monoisotopic (exact) mass is 836 g/mol. The highest BCUT2D eigenvalue weighted by Crippen LogP contribution is 2.45. The molecule has 0 amide bonds. The lowest BCUT2D eigenvalue weighted by molar-refractivity contribution is 0.669. The topological polar surface area (TPSA) is 69.9 Å². The number of para-hydroxylation sites is 5. The van der Waals surface area contributed by atoms with Crippen LogP contribution in [-0.2, 0) is 0 Å². The lowest BCUT2D eigenvalue weighted by Crippen LogP contribution is -2.02. The smallest absolute Gasteiger partial charge is 0.167 e. The summed E-state index contributed by atoms with van der Waals surface area (Å²) < 4.78 is 18.2. The Morgan fingerprint density at radius 3 is 1.70 bits per heavy atom. The third-order valence-corrected chi connectivity index (χ3v) is 13.8. The average Bonchev–Trinajstić information content (AvgIpc) is 4.13. The van der Waals surface area contributed by atoms with E-state index in [1.54, 1.807) is 0 Å². The maximum absolute atomic E-state index is 6.71. The zero-order chi connectivity index (χ0) is 41.9. The molecule has 7 heteroatoms. The summed E-state index contributed by atoms with van der Waals surface area (Å²) >= 11 is 1.84. The van der Waals surface area contributed by atoms with Gasteiger partial charge in [-0.2, -0.15) is 0 Å². The molecular formula is C57H32N4O2S. The van der Waals surface area contributed by atoms with Crippen LogP contribution < -0.4 is 0 Å². The van der Waals surface area contributed by atoms with Gasteiger partial charge in [0.05, 0.1) is 21.3 Å². The minimum absolute atomic E-state index is 0.531. The van der Waals surface area contributed by atoms with Gasteiger partial charge in [0, 0.05) is 70.2 Å². The van der Waals surface area contributed by atoms with E-state index in [4.69, 9.17) is 23.8 Å². The maximum Gasteiger partial charge on any atom is 0.167 e. The molecular weight excluding hydrogens is 805 g/mol. The van der Waals surface area contributed by atoms with Gasteiger partial charge >= 0.3 is 0 Å². The van der Waals surface area contributed by atoms with Crippen molar-refractivity contribution in [1.82, 2.24) is 19.5 Å². The second-order valence-corrected chi connectivity index (χ2v) is 17.3. The van der Waals surface area contributed by atoms with Crippen LogP contribution in [0, 0.1) is 0 Å². The standard InChI is InChI=1S/C57H32N4O2S/c1-2-14-33(15-3-1)55-58-56(60-57(59-55)46-23-13-22-44-40-18-6-10-26-49(40)63-53(44)46)35-30-34(37-20-12-21-43-39-17-5-9-25-48(39)62-52(37)43)31-36(32-35)61-47-24-8-4-16-38(47)42-28-29-45-41-19-7-11-27-50(41)64-54(45)51(42)61/h1-32H. The van der Waals surface area contributed by atoms with Crippen LogP contribution in [0.2, 0.25) is 0 Å². The quantitative estimate of drug-likeness (QED) is 0.173. The zero-order valence-electron chi connectivity index (χ0n) is 34.0. The highest BCUT2D eigenvalue weighted by atomic mass is 32.1. The van der Waals surface area contributed by atoms with E-state index in [9.17, 15) is 0 Å². The van der Waals surface area contributed by atoms with Gasteiger partial charge in [0.25, 0.3) is 0 Å². The molecule has 0 atom stereocenters. The van der Waals surface area contributed by atoms with Gasteiger partial charge in [0.1, 0.15) is 22.3 Å². The first-order valence-electron chi connectivity index (χ1n) is 21.3. The van der Waals surface area contributed by atoms with Crippen molar-refractivity contribution in [2.24, 2.45) is 0 Å². The van der Waals surface area contributed by atoms with Crippen molar-refractivity contribution in [3.8, 4) is 51.0 Å². The van der Waals surface area contributed by atoms with Crippen LogP contribution in [0.1, 0.15) is 0 Å². The molecule has 0 N–H and O–H groups in total. The number of fused-ring (bicyclic) bond motifs is 13. The SMILES string of the molecule is c1ccc(-c2nc(-c3cc(-c4cccc5c4oc4ccccc45)cc(-n4c5ccccc5c5ccc6c7ccccc7sc6c54)c3)nc(-c3cccc4c3oc3ccccc34)n2)cc1. The van der Waals surface area contributed by atoms with E-state index >= 15 is 0 Å². The predicted molar refractivity (Wildman–Crippen MR) is 263 cm³/mol. The molecule has 5 heterocycles. The number of rotatable bonds is 5. The molecule has 0 unspecified atom stereocenters. The molecule has 0 aliphatic heterocycles. The Balaban J connectivity index is 1.09. The second-order valence-electron chi connectivity index (χ2n) is 16.3. The van der Waals surface area contributed by atoms with Crippen molar-refractivity contribution in [3.05, 3.63) is 194 Å². The largest absolute Gasteiger partial charge is 0.455 e. The fourth-order valence-electron chi connectivity index (χ4n) is 9.76. The van der Waals surface area contributed by atoms with E-state index in [0.29, 0.717) is 17.5 Å². The molecule has 14 rings (SSSR count). The molecule has 9 aromatic carbocycles. The van der Waals surface area contributed by atoms with Crippen LogP contribution in [0.5, 0.6) is 0 Å². The summed E-state index contributed by atoms with van der Waals surface area (Å²) in [4.78, 5) is 15.8. The third kappa shape index (κ3) is 5.22. The Bertz CT molecular complexity index is 4210. The molecule has 0 bridgehead atoms. The summed E-state index contributed by atoms with van der Waals surface area (Å²) in [5.41, 5.74) is 11.0. The molecule has 0 fully saturated rings. The van der Waals surface area contributed by atoms with Gasteiger partial charge in [-0.3, -0.25) is 0 Å². The molecule has 298 valence electrons. The zero-order valence-corrected chi connectivity index (χ0v) is 34.8. The molecule has 5 aromatic heterocycles. The van der Waals surface area contributed by atoms with Crippen LogP contribution in [0.15, 0.2) is 203 Å². The number of benzene rings is 9. The van der Waals surface area contributed by atoms with Crippen LogP contribution in [0.25, 0.3) is 137 Å². The van der Waals surface area contributed by atoms with Crippen LogP contribution in [-0.4, -0.2) is 19.5 Å². The van der Waals surface area contributed by atoms with Gasteiger partial charge in [0.2, 0.25) is 0 Å². The molecule has 64 heavy (non-hydrogen) atoms. The molecule has 0 radical (unpaired) electrons. The molecule has 6 nitrogen and oxygen atoms in total. The van der Waals surface area contributed by atoms with Gasteiger partial charge in [-0.1, -0.05) is 146 Å². The fraction of sp³-hybridized carbons (Fsp3) is 0. The minimum Gasteiger partial charge on any atom is -0.455 e. The lowest BCUT2D eigenvalue weighted by atomic mass is 9.99. The highest BCUT2D eigenvalue weighted by Gasteiger charge is 2.23. The number of furan rings is 2. The molecule has 0 spiro atoms. The summed E-state index contributed by atoms with van der Waals surface area (Å²) in [6.45, 7) is 0. The normalized spacial score (nSPS) is 12.1.